The molecular weight excluding hydrogens is 261 g/mol. The summed E-state index contributed by atoms with van der Waals surface area (Å²) < 4.78 is 39.8. The van der Waals surface area contributed by atoms with Gasteiger partial charge in [0.15, 0.2) is 12.4 Å². The predicted molar refractivity (Wildman–Crippen MR) is 51.3 cm³/mol. The third-order valence-corrected chi connectivity index (χ3v) is 1.74. The van der Waals surface area contributed by atoms with Crippen molar-refractivity contribution in [3.8, 4) is 5.75 Å². The number of alkyl halides is 3. The molecular formula is C8H5F3N2O5. The van der Waals surface area contributed by atoms with Crippen LogP contribution < -0.4 is 4.74 Å². The normalized spacial score (nSPS) is 11.1. The molecule has 1 aromatic carbocycles. The zero-order chi connectivity index (χ0) is 13.9. The second-order valence-electron chi connectivity index (χ2n) is 3.07. The minimum Gasteiger partial charge on any atom is -0.477 e. The Kier molecular flexibility index (Phi) is 3.69. The van der Waals surface area contributed by atoms with Gasteiger partial charge < -0.3 is 4.74 Å². The van der Waals surface area contributed by atoms with Gasteiger partial charge in [-0.05, 0) is 6.07 Å². The van der Waals surface area contributed by atoms with Crippen molar-refractivity contribution in [1.82, 2.24) is 0 Å². The molecule has 7 nitrogen and oxygen atoms in total. The molecule has 0 unspecified atom stereocenters. The van der Waals surface area contributed by atoms with Gasteiger partial charge in [0.25, 0.3) is 5.69 Å². The lowest BCUT2D eigenvalue weighted by molar-refractivity contribution is -0.394. The van der Waals surface area contributed by atoms with Gasteiger partial charge in [0.1, 0.15) is 0 Å². The van der Waals surface area contributed by atoms with Crippen LogP contribution in [0, 0.1) is 20.2 Å². The molecule has 18 heavy (non-hydrogen) atoms. The summed E-state index contributed by atoms with van der Waals surface area (Å²) in [5, 5.41) is 20.9. The molecule has 0 N–H and O–H groups in total. The van der Waals surface area contributed by atoms with Gasteiger partial charge in [0, 0.05) is 6.07 Å². The largest absolute Gasteiger partial charge is 0.477 e. The summed E-state index contributed by atoms with van der Waals surface area (Å²) in [6.45, 7) is -1.72. The minimum atomic E-state index is -4.66. The van der Waals surface area contributed by atoms with Crippen molar-refractivity contribution in [3.63, 3.8) is 0 Å². The van der Waals surface area contributed by atoms with Gasteiger partial charge in [0.05, 0.1) is 15.9 Å². The summed E-state index contributed by atoms with van der Waals surface area (Å²) in [6, 6.07) is 2.10. The quantitative estimate of drug-likeness (QED) is 0.616. The van der Waals surface area contributed by atoms with Gasteiger partial charge in [-0.15, -0.1) is 0 Å². The van der Waals surface area contributed by atoms with Crippen LogP contribution in [0.2, 0.25) is 0 Å². The molecule has 0 atom stereocenters. The summed E-state index contributed by atoms with van der Waals surface area (Å²) >= 11 is 0. The van der Waals surface area contributed by atoms with Gasteiger partial charge in [-0.3, -0.25) is 20.2 Å². The zero-order valence-electron chi connectivity index (χ0n) is 8.51. The Balaban J connectivity index is 3.05. The van der Waals surface area contributed by atoms with Crippen LogP contribution in [0.3, 0.4) is 0 Å². The van der Waals surface area contributed by atoms with Crippen molar-refractivity contribution in [2.75, 3.05) is 6.61 Å². The Morgan fingerprint density at radius 2 is 1.78 bits per heavy atom. The number of benzene rings is 1. The minimum absolute atomic E-state index is 0.533. The average Bonchev–Trinajstić information content (AvgIpc) is 2.24. The first-order chi connectivity index (χ1) is 8.20. The van der Waals surface area contributed by atoms with Crippen molar-refractivity contribution in [2.45, 2.75) is 6.18 Å². The van der Waals surface area contributed by atoms with E-state index in [1.165, 1.54) is 0 Å². The van der Waals surface area contributed by atoms with E-state index >= 15 is 0 Å². The number of halogens is 3. The Hall–Kier alpha value is -2.39. The van der Waals surface area contributed by atoms with Crippen molar-refractivity contribution in [1.29, 1.82) is 0 Å². The third-order valence-electron chi connectivity index (χ3n) is 1.74. The molecule has 98 valence electrons. The molecule has 0 aliphatic heterocycles. The lowest BCUT2D eigenvalue weighted by atomic mass is 10.2. The predicted octanol–water partition coefficient (Wildman–Crippen LogP) is 2.44. The zero-order valence-corrected chi connectivity index (χ0v) is 8.51. The van der Waals surface area contributed by atoms with E-state index in [1.54, 1.807) is 0 Å². The molecule has 0 aliphatic carbocycles. The molecule has 0 aromatic heterocycles. The SMILES string of the molecule is O=[N+]([O-])c1ccc(OCC(F)(F)F)c([N+](=O)[O-])c1. The molecule has 0 saturated carbocycles. The highest BCUT2D eigenvalue weighted by atomic mass is 19.4. The van der Waals surface area contributed by atoms with Crippen molar-refractivity contribution in [2.24, 2.45) is 0 Å². The van der Waals surface area contributed by atoms with Gasteiger partial charge in [-0.1, -0.05) is 0 Å². The highest BCUT2D eigenvalue weighted by Crippen LogP contribution is 2.32. The highest BCUT2D eigenvalue weighted by Gasteiger charge is 2.30. The van der Waals surface area contributed by atoms with Crippen LogP contribution >= 0.6 is 0 Å². The first kappa shape index (κ1) is 13.7. The average molecular weight is 266 g/mol. The lowest BCUT2D eigenvalue weighted by Crippen LogP contribution is -2.19. The Morgan fingerprint density at radius 1 is 1.17 bits per heavy atom. The number of hydrogen-bond donors (Lipinski definition) is 0. The van der Waals surface area contributed by atoms with Crippen LogP contribution in [-0.4, -0.2) is 22.6 Å². The summed E-state index contributed by atoms with van der Waals surface area (Å²) in [4.78, 5) is 19.0. The number of nitro benzene ring substituents is 2. The van der Waals surface area contributed by atoms with Crippen LogP contribution in [0.5, 0.6) is 5.75 Å². The van der Waals surface area contributed by atoms with E-state index in [0.717, 1.165) is 12.1 Å². The fraction of sp³-hybridized carbons (Fsp3) is 0.250. The summed E-state index contributed by atoms with van der Waals surface area (Å²) in [6.07, 6.45) is -4.66. The molecule has 0 fully saturated rings. The maximum absolute atomic E-state index is 11.9. The lowest BCUT2D eigenvalue weighted by Gasteiger charge is -2.08. The Labute approximate surface area is 97.1 Å². The van der Waals surface area contributed by atoms with E-state index < -0.39 is 39.8 Å². The molecule has 10 heteroatoms. The van der Waals surface area contributed by atoms with Gasteiger partial charge >= 0.3 is 11.9 Å². The Morgan fingerprint density at radius 3 is 2.22 bits per heavy atom. The second kappa shape index (κ2) is 4.85. The third kappa shape index (κ3) is 3.57. The molecule has 0 radical (unpaired) electrons. The molecule has 0 amide bonds. The number of ether oxygens (including phenoxy) is 1. The molecule has 0 saturated heterocycles. The van der Waals surface area contributed by atoms with E-state index in [-0.39, 0.29) is 0 Å². The number of nitro groups is 2. The fourth-order valence-electron chi connectivity index (χ4n) is 1.04. The molecule has 1 rings (SSSR count). The topological polar surface area (TPSA) is 95.5 Å². The highest BCUT2D eigenvalue weighted by molar-refractivity contribution is 5.53. The number of non-ortho nitro benzene ring substituents is 1. The molecule has 0 heterocycles. The summed E-state index contributed by atoms with van der Waals surface area (Å²) in [5.74, 6) is -0.678. The molecule has 0 bridgehead atoms. The standard InChI is InChI=1S/C8H5F3N2O5/c9-8(10,11)4-18-7-2-1-5(12(14)15)3-6(7)13(16)17/h1-3H,4H2. The van der Waals surface area contributed by atoms with Crippen LogP contribution in [-0.2, 0) is 0 Å². The maximum Gasteiger partial charge on any atom is 0.422 e. The summed E-state index contributed by atoms with van der Waals surface area (Å²) in [5.41, 5.74) is -1.51. The molecule has 0 spiro atoms. The van der Waals surface area contributed by atoms with Crippen LogP contribution in [0.15, 0.2) is 18.2 Å². The van der Waals surface area contributed by atoms with E-state index in [1.807, 2.05) is 0 Å². The fourth-order valence-corrected chi connectivity index (χ4v) is 1.04. The van der Waals surface area contributed by atoms with E-state index in [4.69, 9.17) is 0 Å². The first-order valence-corrected chi connectivity index (χ1v) is 4.33. The van der Waals surface area contributed by atoms with Crippen molar-refractivity contribution in [3.05, 3.63) is 38.4 Å². The second-order valence-corrected chi connectivity index (χ2v) is 3.07. The Bertz CT molecular complexity index is 488. The van der Waals surface area contributed by atoms with Gasteiger partial charge in [0.2, 0.25) is 0 Å². The van der Waals surface area contributed by atoms with Crippen LogP contribution in [0.25, 0.3) is 0 Å². The molecule has 1 aromatic rings. The smallest absolute Gasteiger partial charge is 0.422 e. The number of nitrogens with zero attached hydrogens (tertiary/aromatic N) is 2. The maximum atomic E-state index is 11.9. The van der Waals surface area contributed by atoms with Gasteiger partial charge in [-0.2, -0.15) is 13.2 Å². The number of hydrogen-bond acceptors (Lipinski definition) is 5. The van der Waals surface area contributed by atoms with Crippen molar-refractivity contribution >= 4 is 11.4 Å². The molecule has 0 aliphatic rings. The van der Waals surface area contributed by atoms with Crippen LogP contribution in [0.1, 0.15) is 0 Å². The summed E-state index contributed by atoms with van der Waals surface area (Å²) in [7, 11) is 0. The monoisotopic (exact) mass is 266 g/mol. The van der Waals surface area contributed by atoms with Crippen LogP contribution in [0.4, 0.5) is 24.5 Å². The first-order valence-electron chi connectivity index (χ1n) is 4.33. The van der Waals surface area contributed by atoms with E-state index in [9.17, 15) is 33.4 Å². The van der Waals surface area contributed by atoms with E-state index in [2.05, 4.69) is 4.74 Å². The number of rotatable bonds is 4. The van der Waals surface area contributed by atoms with Crippen molar-refractivity contribution < 1.29 is 27.8 Å². The van der Waals surface area contributed by atoms with Gasteiger partial charge in [-0.25, -0.2) is 0 Å². The van der Waals surface area contributed by atoms with E-state index in [0.29, 0.717) is 6.07 Å².